The summed E-state index contributed by atoms with van der Waals surface area (Å²) in [5, 5.41) is 0.885. The van der Waals surface area contributed by atoms with Gasteiger partial charge in [0.05, 0.1) is 9.79 Å². The second-order valence-corrected chi connectivity index (χ2v) is 12.6. The Labute approximate surface area is 196 Å². The van der Waals surface area contributed by atoms with Gasteiger partial charge in [0.1, 0.15) is 0 Å². The molecular formula is C24H31N3O4S2. The van der Waals surface area contributed by atoms with Crippen LogP contribution in [0.25, 0.3) is 10.9 Å². The van der Waals surface area contributed by atoms with Crippen molar-refractivity contribution < 1.29 is 16.8 Å². The minimum Gasteiger partial charge on any atom is -0.347 e. The van der Waals surface area contributed by atoms with E-state index in [0.717, 1.165) is 29.4 Å². The van der Waals surface area contributed by atoms with Gasteiger partial charge in [-0.15, -0.1) is 0 Å². The molecule has 1 aliphatic rings. The third-order valence-electron chi connectivity index (χ3n) is 6.24. The number of aryl methyl sites for hydroxylation is 4. The minimum absolute atomic E-state index is 0.125. The van der Waals surface area contributed by atoms with E-state index in [-0.39, 0.29) is 31.1 Å². The molecule has 4 rings (SSSR count). The van der Waals surface area contributed by atoms with Gasteiger partial charge in [-0.3, -0.25) is 0 Å². The Bertz CT molecular complexity index is 1380. The molecule has 0 unspecified atom stereocenters. The van der Waals surface area contributed by atoms with E-state index in [1.807, 2.05) is 37.4 Å². The van der Waals surface area contributed by atoms with Gasteiger partial charge in [0.15, 0.2) is 0 Å². The quantitative estimate of drug-likeness (QED) is 0.529. The second kappa shape index (κ2) is 8.87. The Kier molecular flexibility index (Phi) is 6.43. The fraction of sp³-hybridized carbons (Fsp3) is 0.417. The van der Waals surface area contributed by atoms with Gasteiger partial charge in [-0.25, -0.2) is 16.8 Å². The molecule has 178 valence electrons. The van der Waals surface area contributed by atoms with Crippen LogP contribution in [-0.4, -0.2) is 56.2 Å². The Morgan fingerprint density at radius 2 is 1.36 bits per heavy atom. The lowest BCUT2D eigenvalue weighted by molar-refractivity contribution is 0.272. The van der Waals surface area contributed by atoms with Crippen molar-refractivity contribution in [1.82, 2.24) is 13.2 Å². The Balaban J connectivity index is 1.54. The van der Waals surface area contributed by atoms with Crippen LogP contribution < -0.4 is 0 Å². The normalized spacial score (nSPS) is 16.5. The van der Waals surface area contributed by atoms with Crippen LogP contribution in [0.3, 0.4) is 0 Å². The average Bonchev–Trinajstić information content (AvgIpc) is 3.15. The molecule has 9 heteroatoms. The topological polar surface area (TPSA) is 79.7 Å². The second-order valence-electron chi connectivity index (χ2n) is 8.77. The molecule has 33 heavy (non-hydrogen) atoms. The summed E-state index contributed by atoms with van der Waals surface area (Å²) < 4.78 is 58.1. The fourth-order valence-electron chi connectivity index (χ4n) is 4.78. The Morgan fingerprint density at radius 1 is 0.788 bits per heavy atom. The van der Waals surface area contributed by atoms with Crippen molar-refractivity contribution in [3.05, 3.63) is 59.3 Å². The van der Waals surface area contributed by atoms with Crippen LogP contribution in [0.4, 0.5) is 0 Å². The molecule has 7 nitrogen and oxygen atoms in total. The molecule has 1 saturated heterocycles. The number of benzene rings is 2. The van der Waals surface area contributed by atoms with Crippen molar-refractivity contribution in [2.75, 3.05) is 26.2 Å². The third kappa shape index (κ3) is 4.35. The monoisotopic (exact) mass is 489 g/mol. The minimum atomic E-state index is -3.71. The van der Waals surface area contributed by atoms with E-state index < -0.39 is 20.0 Å². The molecular weight excluding hydrogens is 458 g/mol. The molecule has 0 bridgehead atoms. The molecule has 0 N–H and O–H groups in total. The van der Waals surface area contributed by atoms with Gasteiger partial charge in [-0.1, -0.05) is 24.6 Å². The molecule has 0 saturated carbocycles. The van der Waals surface area contributed by atoms with Gasteiger partial charge in [0.25, 0.3) is 0 Å². The lowest BCUT2D eigenvalue weighted by atomic mass is 10.1. The summed E-state index contributed by atoms with van der Waals surface area (Å²) in [4.78, 5) is 0.567. The molecule has 1 aromatic heterocycles. The highest BCUT2D eigenvalue weighted by atomic mass is 32.2. The van der Waals surface area contributed by atoms with Gasteiger partial charge in [0.2, 0.25) is 20.0 Å². The van der Waals surface area contributed by atoms with E-state index in [4.69, 9.17) is 0 Å². The first-order valence-electron chi connectivity index (χ1n) is 11.2. The van der Waals surface area contributed by atoms with Gasteiger partial charge in [-0.2, -0.15) is 8.61 Å². The van der Waals surface area contributed by atoms with Gasteiger partial charge >= 0.3 is 0 Å². The summed E-state index contributed by atoms with van der Waals surface area (Å²) in [6.07, 6.45) is 2.97. The van der Waals surface area contributed by atoms with Crippen LogP contribution in [0.1, 0.15) is 30.0 Å². The third-order valence-corrected chi connectivity index (χ3v) is 10.3. The molecule has 1 aliphatic heterocycles. The summed E-state index contributed by atoms with van der Waals surface area (Å²) in [6, 6.07) is 10.9. The lowest BCUT2D eigenvalue weighted by Crippen LogP contribution is -2.50. The first-order chi connectivity index (χ1) is 15.6. The zero-order chi connectivity index (χ0) is 24.0. The van der Waals surface area contributed by atoms with E-state index in [1.54, 1.807) is 26.0 Å². The molecule has 2 heterocycles. The van der Waals surface area contributed by atoms with E-state index in [9.17, 15) is 16.8 Å². The van der Waals surface area contributed by atoms with Crippen molar-refractivity contribution >= 4 is 30.9 Å². The number of hydrogen-bond acceptors (Lipinski definition) is 4. The summed E-state index contributed by atoms with van der Waals surface area (Å²) >= 11 is 0. The highest BCUT2D eigenvalue weighted by Crippen LogP contribution is 2.28. The predicted molar refractivity (Wildman–Crippen MR) is 130 cm³/mol. The number of sulfonamides is 2. The Hall–Kier alpha value is -2.20. The molecule has 3 aromatic rings. The summed E-state index contributed by atoms with van der Waals surface area (Å²) in [6.45, 7) is 9.04. The summed E-state index contributed by atoms with van der Waals surface area (Å²) in [5.74, 6) is 0. The van der Waals surface area contributed by atoms with E-state index >= 15 is 0 Å². The number of hydrogen-bond donors (Lipinski definition) is 0. The maximum Gasteiger partial charge on any atom is 0.243 e. The van der Waals surface area contributed by atoms with Crippen molar-refractivity contribution in [1.29, 1.82) is 0 Å². The average molecular weight is 490 g/mol. The SMILES string of the molecule is CCCn1ccc2cc(S(=O)(=O)N3CCN(S(=O)(=O)c4c(C)cc(C)cc4C)CC3)ccc21. The molecule has 2 aromatic carbocycles. The number of piperazine rings is 1. The summed E-state index contributed by atoms with van der Waals surface area (Å²) in [7, 11) is -7.41. The smallest absolute Gasteiger partial charge is 0.243 e. The standard InChI is InChI=1S/C24H31N3O4S2/c1-5-9-25-10-8-21-17-22(6-7-23(21)25)32(28,29)26-11-13-27(14-12-26)33(30,31)24-19(3)15-18(2)16-20(24)4/h6-8,10,15-17H,5,9,11-14H2,1-4H3. The Morgan fingerprint density at radius 3 is 1.94 bits per heavy atom. The van der Waals surface area contributed by atoms with E-state index in [1.165, 1.54) is 8.61 Å². The van der Waals surface area contributed by atoms with Crippen LogP contribution >= 0.6 is 0 Å². The molecule has 1 fully saturated rings. The predicted octanol–water partition coefficient (Wildman–Crippen LogP) is 3.67. The molecule has 0 spiro atoms. The van der Waals surface area contributed by atoms with Crippen LogP contribution in [0, 0.1) is 20.8 Å². The molecule has 0 atom stereocenters. The zero-order valence-corrected chi connectivity index (χ0v) is 21.2. The molecule has 0 aliphatic carbocycles. The van der Waals surface area contributed by atoms with Gasteiger partial charge < -0.3 is 4.57 Å². The van der Waals surface area contributed by atoms with Crippen molar-refractivity contribution in [3.8, 4) is 0 Å². The number of fused-ring (bicyclic) bond motifs is 1. The van der Waals surface area contributed by atoms with Crippen LogP contribution in [0.15, 0.2) is 52.4 Å². The van der Waals surface area contributed by atoms with E-state index in [0.29, 0.717) is 16.0 Å². The van der Waals surface area contributed by atoms with Gasteiger partial charge in [0, 0.05) is 49.8 Å². The zero-order valence-electron chi connectivity index (χ0n) is 19.6. The summed E-state index contributed by atoms with van der Waals surface area (Å²) in [5.41, 5.74) is 3.45. The molecule has 0 radical (unpaired) electrons. The van der Waals surface area contributed by atoms with Crippen molar-refractivity contribution in [2.45, 2.75) is 50.5 Å². The van der Waals surface area contributed by atoms with Crippen LogP contribution in [-0.2, 0) is 26.6 Å². The fourth-order valence-corrected chi connectivity index (χ4v) is 8.07. The number of nitrogens with zero attached hydrogens (tertiary/aromatic N) is 3. The maximum atomic E-state index is 13.3. The van der Waals surface area contributed by atoms with Gasteiger partial charge in [-0.05, 0) is 62.6 Å². The molecule has 0 amide bonds. The van der Waals surface area contributed by atoms with E-state index in [2.05, 4.69) is 11.5 Å². The highest BCUT2D eigenvalue weighted by Gasteiger charge is 2.35. The first kappa shape index (κ1) is 23.9. The van der Waals surface area contributed by atoms with Crippen molar-refractivity contribution in [3.63, 3.8) is 0 Å². The van der Waals surface area contributed by atoms with Crippen molar-refractivity contribution in [2.24, 2.45) is 0 Å². The first-order valence-corrected chi connectivity index (χ1v) is 14.1. The maximum absolute atomic E-state index is 13.3. The van der Waals surface area contributed by atoms with Crippen LogP contribution in [0.5, 0.6) is 0 Å². The largest absolute Gasteiger partial charge is 0.347 e. The lowest BCUT2D eigenvalue weighted by Gasteiger charge is -2.34. The highest BCUT2D eigenvalue weighted by molar-refractivity contribution is 7.89. The number of aromatic nitrogens is 1. The number of rotatable bonds is 6. The van der Waals surface area contributed by atoms with Crippen LogP contribution in [0.2, 0.25) is 0 Å².